The van der Waals surface area contributed by atoms with Crippen LogP contribution >= 0.6 is 11.8 Å². The zero-order chi connectivity index (χ0) is 17.5. The van der Waals surface area contributed by atoms with Crippen molar-refractivity contribution in [1.29, 1.82) is 0 Å². The van der Waals surface area contributed by atoms with E-state index in [0.29, 0.717) is 23.8 Å². The predicted molar refractivity (Wildman–Crippen MR) is 97.6 cm³/mol. The molecule has 25 heavy (non-hydrogen) atoms. The maximum absolute atomic E-state index is 12.5. The number of pyridine rings is 1. The summed E-state index contributed by atoms with van der Waals surface area (Å²) in [4.78, 5) is 16.9. The van der Waals surface area contributed by atoms with Gasteiger partial charge in [-0.05, 0) is 57.3 Å². The molecule has 0 radical (unpaired) electrons. The summed E-state index contributed by atoms with van der Waals surface area (Å²) in [6.45, 7) is 4.74. The number of hydrogen-bond donors (Lipinski definition) is 2. The maximum Gasteiger partial charge on any atom is 0.254 e. The van der Waals surface area contributed by atoms with Crippen LogP contribution in [0, 0.1) is 12.8 Å². The third-order valence-electron chi connectivity index (χ3n) is 4.29. The number of carbonyl (C=O) groups excluding carboxylic acids is 1. The highest BCUT2D eigenvalue weighted by molar-refractivity contribution is 7.98. The molecule has 1 fully saturated rings. The van der Waals surface area contributed by atoms with Crippen LogP contribution in [0.5, 0.6) is 0 Å². The Morgan fingerprint density at radius 2 is 2.44 bits per heavy atom. The van der Waals surface area contributed by atoms with Crippen LogP contribution in [-0.4, -0.2) is 35.7 Å². The molecule has 1 amide bonds. The molecule has 1 aliphatic rings. The molecule has 7 heteroatoms. The number of piperidine rings is 1. The van der Waals surface area contributed by atoms with E-state index < -0.39 is 0 Å². The molecule has 0 aliphatic carbocycles. The maximum atomic E-state index is 12.5. The number of hydrogen-bond acceptors (Lipinski definition) is 6. The molecular formula is C18H24N4O2S. The summed E-state index contributed by atoms with van der Waals surface area (Å²) in [5.41, 5.74) is 1.47. The van der Waals surface area contributed by atoms with Crippen molar-refractivity contribution >= 4 is 17.7 Å². The number of aryl methyl sites for hydroxylation is 1. The SMILES string of the molecule is Cc1cc(CSc2ncccc2C(=O)NCCC2CCCNC2)no1. The van der Waals surface area contributed by atoms with Crippen molar-refractivity contribution in [3.63, 3.8) is 0 Å². The lowest BCUT2D eigenvalue weighted by Crippen LogP contribution is -2.33. The lowest BCUT2D eigenvalue weighted by atomic mass is 9.96. The van der Waals surface area contributed by atoms with Gasteiger partial charge in [-0.15, -0.1) is 0 Å². The second-order valence-corrected chi connectivity index (χ2v) is 7.29. The number of thioether (sulfide) groups is 1. The second kappa shape index (κ2) is 9.01. The van der Waals surface area contributed by atoms with Crippen LogP contribution in [-0.2, 0) is 5.75 Å². The van der Waals surface area contributed by atoms with Gasteiger partial charge in [-0.25, -0.2) is 4.98 Å². The monoisotopic (exact) mass is 360 g/mol. The van der Waals surface area contributed by atoms with Crippen molar-refractivity contribution in [3.05, 3.63) is 41.4 Å². The van der Waals surface area contributed by atoms with E-state index in [0.717, 1.165) is 36.0 Å². The molecule has 1 unspecified atom stereocenters. The molecule has 3 heterocycles. The molecule has 0 bridgehead atoms. The van der Waals surface area contributed by atoms with E-state index in [-0.39, 0.29) is 5.91 Å². The first-order chi connectivity index (χ1) is 12.2. The molecule has 134 valence electrons. The zero-order valence-corrected chi connectivity index (χ0v) is 15.3. The summed E-state index contributed by atoms with van der Waals surface area (Å²) in [6.07, 6.45) is 5.19. The van der Waals surface area contributed by atoms with Gasteiger partial charge >= 0.3 is 0 Å². The van der Waals surface area contributed by atoms with E-state index in [1.54, 1.807) is 12.3 Å². The van der Waals surface area contributed by atoms with Gasteiger partial charge in [-0.1, -0.05) is 16.9 Å². The van der Waals surface area contributed by atoms with E-state index in [4.69, 9.17) is 4.52 Å². The fourth-order valence-corrected chi connectivity index (χ4v) is 3.83. The second-order valence-electron chi connectivity index (χ2n) is 6.33. The molecule has 0 aromatic carbocycles. The van der Waals surface area contributed by atoms with Gasteiger partial charge in [-0.2, -0.15) is 0 Å². The van der Waals surface area contributed by atoms with Gasteiger partial charge in [0, 0.05) is 24.6 Å². The molecule has 2 aromatic rings. The Balaban J connectivity index is 1.52. The van der Waals surface area contributed by atoms with Gasteiger partial charge in [0.05, 0.1) is 11.3 Å². The van der Waals surface area contributed by atoms with Crippen LogP contribution in [0.25, 0.3) is 0 Å². The molecule has 6 nitrogen and oxygen atoms in total. The molecule has 1 aliphatic heterocycles. The average molecular weight is 360 g/mol. The van der Waals surface area contributed by atoms with E-state index in [2.05, 4.69) is 20.8 Å². The molecule has 0 saturated carbocycles. The number of nitrogens with one attached hydrogen (secondary N) is 2. The minimum atomic E-state index is -0.0595. The van der Waals surface area contributed by atoms with E-state index in [1.165, 1.54) is 24.6 Å². The first-order valence-corrected chi connectivity index (χ1v) is 9.70. The average Bonchev–Trinajstić information content (AvgIpc) is 3.06. The van der Waals surface area contributed by atoms with E-state index in [1.807, 2.05) is 19.1 Å². The Morgan fingerprint density at radius 3 is 3.20 bits per heavy atom. The molecule has 2 aromatic heterocycles. The topological polar surface area (TPSA) is 80.0 Å². The molecule has 1 saturated heterocycles. The lowest BCUT2D eigenvalue weighted by Gasteiger charge is -2.22. The largest absolute Gasteiger partial charge is 0.361 e. The van der Waals surface area contributed by atoms with Crippen LogP contribution in [0.2, 0.25) is 0 Å². The van der Waals surface area contributed by atoms with Crippen molar-refractivity contribution in [2.24, 2.45) is 5.92 Å². The van der Waals surface area contributed by atoms with Crippen molar-refractivity contribution in [3.8, 4) is 0 Å². The molecule has 2 N–H and O–H groups in total. The first-order valence-electron chi connectivity index (χ1n) is 8.71. The van der Waals surface area contributed by atoms with E-state index in [9.17, 15) is 4.79 Å². The third-order valence-corrected chi connectivity index (χ3v) is 5.33. The fourth-order valence-electron chi connectivity index (χ4n) is 2.96. The molecule has 3 rings (SSSR count). The van der Waals surface area contributed by atoms with Crippen molar-refractivity contribution in [2.45, 2.75) is 37.0 Å². The normalized spacial score (nSPS) is 17.4. The van der Waals surface area contributed by atoms with Crippen LogP contribution in [0.4, 0.5) is 0 Å². The van der Waals surface area contributed by atoms with Crippen molar-refractivity contribution in [1.82, 2.24) is 20.8 Å². The van der Waals surface area contributed by atoms with Crippen LogP contribution in [0.15, 0.2) is 33.9 Å². The highest BCUT2D eigenvalue weighted by Crippen LogP contribution is 2.24. The zero-order valence-electron chi connectivity index (χ0n) is 14.5. The third kappa shape index (κ3) is 5.31. The molecule has 0 spiro atoms. The van der Waals surface area contributed by atoms with Gasteiger partial charge in [-0.3, -0.25) is 4.79 Å². The summed E-state index contributed by atoms with van der Waals surface area (Å²) in [5.74, 6) is 2.01. The van der Waals surface area contributed by atoms with Crippen LogP contribution in [0.3, 0.4) is 0 Å². The molecule has 1 atom stereocenters. The van der Waals surface area contributed by atoms with Crippen LogP contribution < -0.4 is 10.6 Å². The number of amides is 1. The Morgan fingerprint density at radius 1 is 1.52 bits per heavy atom. The summed E-state index contributed by atoms with van der Waals surface area (Å²) in [6, 6.07) is 5.51. The van der Waals surface area contributed by atoms with Crippen LogP contribution in [0.1, 0.15) is 41.1 Å². The quantitative estimate of drug-likeness (QED) is 0.739. The van der Waals surface area contributed by atoms with Gasteiger partial charge < -0.3 is 15.2 Å². The number of rotatable bonds is 7. The summed E-state index contributed by atoms with van der Waals surface area (Å²) in [7, 11) is 0. The summed E-state index contributed by atoms with van der Waals surface area (Å²) in [5, 5.41) is 11.1. The van der Waals surface area contributed by atoms with Gasteiger partial charge in [0.1, 0.15) is 10.8 Å². The Labute approximate surface area is 152 Å². The van der Waals surface area contributed by atoms with Crippen molar-refractivity contribution in [2.75, 3.05) is 19.6 Å². The Kier molecular flexibility index (Phi) is 6.47. The minimum Gasteiger partial charge on any atom is -0.361 e. The van der Waals surface area contributed by atoms with Gasteiger partial charge in [0.15, 0.2) is 0 Å². The highest BCUT2D eigenvalue weighted by atomic mass is 32.2. The lowest BCUT2D eigenvalue weighted by molar-refractivity contribution is 0.0947. The number of nitrogens with zero attached hydrogens (tertiary/aromatic N) is 2. The highest BCUT2D eigenvalue weighted by Gasteiger charge is 2.16. The minimum absolute atomic E-state index is 0.0595. The first kappa shape index (κ1) is 17.9. The van der Waals surface area contributed by atoms with Gasteiger partial charge in [0.2, 0.25) is 0 Å². The van der Waals surface area contributed by atoms with Gasteiger partial charge in [0.25, 0.3) is 5.91 Å². The number of aromatic nitrogens is 2. The molecular weight excluding hydrogens is 336 g/mol. The summed E-state index contributed by atoms with van der Waals surface area (Å²) >= 11 is 1.50. The number of carbonyl (C=O) groups is 1. The Bertz CT molecular complexity index is 698. The smallest absolute Gasteiger partial charge is 0.254 e. The van der Waals surface area contributed by atoms with E-state index >= 15 is 0 Å². The standard InChI is InChI=1S/C18H24N4O2S/c1-13-10-15(22-24-13)12-25-18-16(5-3-8-21-18)17(23)20-9-6-14-4-2-7-19-11-14/h3,5,8,10,14,19H,2,4,6-7,9,11-12H2,1H3,(H,20,23). The Hall–Kier alpha value is -1.86. The predicted octanol–water partition coefficient (Wildman–Crippen LogP) is 2.79. The van der Waals surface area contributed by atoms with Crippen molar-refractivity contribution < 1.29 is 9.32 Å². The summed E-state index contributed by atoms with van der Waals surface area (Å²) < 4.78 is 5.07. The fraction of sp³-hybridized carbons (Fsp3) is 0.500.